The fraction of sp³-hybridized carbons (Fsp3) is 0.500. The Kier molecular flexibility index (Phi) is 3.94. The van der Waals surface area contributed by atoms with Crippen molar-refractivity contribution >= 4 is 56.0 Å². The van der Waals surface area contributed by atoms with E-state index in [-0.39, 0.29) is 18.3 Å². The Hall–Kier alpha value is 0.455. The van der Waals surface area contributed by atoms with E-state index in [9.17, 15) is 0 Å². The van der Waals surface area contributed by atoms with Crippen LogP contribution in [-0.4, -0.2) is 18.3 Å². The number of benzene rings is 1. The molecule has 2 nitrogen and oxygen atoms in total. The number of hydrogen-bond acceptors (Lipinski definition) is 2. The van der Waals surface area contributed by atoms with E-state index in [0.29, 0.717) is 5.02 Å². The zero-order chi connectivity index (χ0) is 13.7. The minimum Gasteiger partial charge on any atom is -0.399 e. The number of hydrogen-bond donors (Lipinski definition) is 0. The first-order valence-corrected chi connectivity index (χ1v) is 7.60. The molecule has 1 aliphatic heterocycles. The Bertz CT molecular complexity index is 452. The van der Waals surface area contributed by atoms with Gasteiger partial charge >= 0.3 is 7.12 Å². The van der Waals surface area contributed by atoms with Gasteiger partial charge in [0.15, 0.2) is 0 Å². The molecule has 1 aromatic rings. The van der Waals surface area contributed by atoms with Gasteiger partial charge in [-0.25, -0.2) is 0 Å². The number of halogens is 3. The molecule has 0 aliphatic carbocycles. The molecule has 0 bridgehead atoms. The van der Waals surface area contributed by atoms with Crippen molar-refractivity contribution in [2.24, 2.45) is 0 Å². The standard InChI is InChI=1S/C12H14BBr2ClO2/c1-11(2)12(3,4)18-13(17-11)7-5-8(14)10(16)9(15)6-7/h5-6H,1-4H3. The summed E-state index contributed by atoms with van der Waals surface area (Å²) in [6, 6.07) is 3.85. The van der Waals surface area contributed by atoms with Crippen molar-refractivity contribution in [3.05, 3.63) is 26.1 Å². The maximum Gasteiger partial charge on any atom is 0.494 e. The average molecular weight is 396 g/mol. The van der Waals surface area contributed by atoms with Crippen molar-refractivity contribution in [2.45, 2.75) is 38.9 Å². The van der Waals surface area contributed by atoms with Gasteiger partial charge in [-0.05, 0) is 77.2 Å². The summed E-state index contributed by atoms with van der Waals surface area (Å²) in [6.45, 7) is 8.14. The second-order valence-electron chi connectivity index (χ2n) is 5.39. The molecule has 0 amide bonds. The molecule has 2 rings (SSSR count). The highest BCUT2D eigenvalue weighted by Crippen LogP contribution is 2.37. The third kappa shape index (κ3) is 2.52. The van der Waals surface area contributed by atoms with Crippen LogP contribution in [0.5, 0.6) is 0 Å². The predicted molar refractivity (Wildman–Crippen MR) is 82.6 cm³/mol. The van der Waals surface area contributed by atoms with Gasteiger partial charge in [-0.1, -0.05) is 11.6 Å². The molecule has 1 saturated heterocycles. The summed E-state index contributed by atoms with van der Waals surface area (Å²) in [5, 5.41) is 0.648. The van der Waals surface area contributed by atoms with Crippen molar-refractivity contribution in [1.82, 2.24) is 0 Å². The normalized spacial score (nSPS) is 21.4. The van der Waals surface area contributed by atoms with E-state index < -0.39 is 0 Å². The van der Waals surface area contributed by atoms with Gasteiger partial charge in [0, 0.05) is 8.95 Å². The smallest absolute Gasteiger partial charge is 0.399 e. The topological polar surface area (TPSA) is 18.5 Å². The summed E-state index contributed by atoms with van der Waals surface area (Å²) in [5.41, 5.74) is 0.267. The van der Waals surface area contributed by atoms with Crippen LogP contribution in [-0.2, 0) is 9.31 Å². The zero-order valence-electron chi connectivity index (χ0n) is 10.7. The average Bonchev–Trinajstić information content (AvgIpc) is 2.44. The van der Waals surface area contributed by atoms with Gasteiger partial charge in [-0.15, -0.1) is 0 Å². The lowest BCUT2D eigenvalue weighted by Crippen LogP contribution is -2.41. The lowest BCUT2D eigenvalue weighted by Gasteiger charge is -2.32. The van der Waals surface area contributed by atoms with Gasteiger partial charge in [0.05, 0.1) is 16.2 Å². The third-order valence-electron chi connectivity index (χ3n) is 3.53. The lowest BCUT2D eigenvalue weighted by molar-refractivity contribution is 0.00578. The summed E-state index contributed by atoms with van der Waals surface area (Å²) >= 11 is 12.9. The van der Waals surface area contributed by atoms with Crippen molar-refractivity contribution in [2.75, 3.05) is 0 Å². The van der Waals surface area contributed by atoms with Gasteiger partial charge in [-0.2, -0.15) is 0 Å². The molecular formula is C12H14BBr2ClO2. The van der Waals surface area contributed by atoms with E-state index >= 15 is 0 Å². The predicted octanol–water partition coefficient (Wildman–Crippen LogP) is 4.16. The highest BCUT2D eigenvalue weighted by molar-refractivity contribution is 9.11. The van der Waals surface area contributed by atoms with Crippen LogP contribution < -0.4 is 5.46 Å². The van der Waals surface area contributed by atoms with Gasteiger partial charge in [0.25, 0.3) is 0 Å². The molecular weight excluding hydrogens is 382 g/mol. The van der Waals surface area contributed by atoms with Crippen molar-refractivity contribution in [3.8, 4) is 0 Å². The van der Waals surface area contributed by atoms with Gasteiger partial charge in [0.2, 0.25) is 0 Å². The van der Waals surface area contributed by atoms with Gasteiger partial charge in [-0.3, -0.25) is 0 Å². The molecule has 0 unspecified atom stereocenters. The first kappa shape index (κ1) is 14.9. The molecule has 98 valence electrons. The van der Waals surface area contributed by atoms with E-state index in [0.717, 1.165) is 14.4 Å². The molecule has 1 fully saturated rings. The summed E-state index contributed by atoms with van der Waals surface area (Å²) < 4.78 is 13.6. The molecule has 1 aromatic carbocycles. The van der Waals surface area contributed by atoms with Gasteiger partial charge < -0.3 is 9.31 Å². The first-order valence-electron chi connectivity index (χ1n) is 5.64. The van der Waals surface area contributed by atoms with Crippen LogP contribution in [0, 0.1) is 0 Å². The molecule has 0 aromatic heterocycles. The molecule has 0 radical (unpaired) electrons. The van der Waals surface area contributed by atoms with E-state index in [1.807, 2.05) is 39.8 Å². The molecule has 1 aliphatic rings. The van der Waals surface area contributed by atoms with Crippen molar-refractivity contribution in [3.63, 3.8) is 0 Å². The molecule has 0 atom stereocenters. The van der Waals surface area contributed by atoms with Crippen LogP contribution >= 0.6 is 43.5 Å². The second kappa shape index (κ2) is 4.78. The highest BCUT2D eigenvalue weighted by atomic mass is 79.9. The van der Waals surface area contributed by atoms with E-state index in [1.54, 1.807) is 0 Å². The first-order chi connectivity index (χ1) is 8.14. The molecule has 0 N–H and O–H groups in total. The maximum absolute atomic E-state index is 6.09. The van der Waals surface area contributed by atoms with Crippen LogP contribution in [0.1, 0.15) is 27.7 Å². The molecule has 1 heterocycles. The largest absolute Gasteiger partial charge is 0.494 e. The van der Waals surface area contributed by atoms with Crippen molar-refractivity contribution in [1.29, 1.82) is 0 Å². The van der Waals surface area contributed by atoms with Gasteiger partial charge in [0.1, 0.15) is 0 Å². The Balaban J connectivity index is 2.36. The molecule has 0 spiro atoms. The van der Waals surface area contributed by atoms with Crippen LogP contribution in [0.4, 0.5) is 0 Å². The quantitative estimate of drug-likeness (QED) is 0.524. The van der Waals surface area contributed by atoms with Crippen LogP contribution in [0.25, 0.3) is 0 Å². The summed E-state index contributed by atoms with van der Waals surface area (Å²) in [7, 11) is -0.375. The Labute approximate surface area is 130 Å². The molecule has 18 heavy (non-hydrogen) atoms. The SMILES string of the molecule is CC1(C)OB(c2cc(Br)c(Cl)c(Br)c2)OC1(C)C. The second-order valence-corrected chi connectivity index (χ2v) is 7.47. The van der Waals surface area contributed by atoms with E-state index in [2.05, 4.69) is 31.9 Å². The Morgan fingerprint density at radius 2 is 1.39 bits per heavy atom. The monoisotopic (exact) mass is 394 g/mol. The van der Waals surface area contributed by atoms with Crippen LogP contribution in [0.3, 0.4) is 0 Å². The van der Waals surface area contributed by atoms with Crippen LogP contribution in [0.15, 0.2) is 21.1 Å². The molecule has 6 heteroatoms. The van der Waals surface area contributed by atoms with E-state index in [4.69, 9.17) is 20.9 Å². The minimum atomic E-state index is -0.375. The highest BCUT2D eigenvalue weighted by Gasteiger charge is 2.51. The number of rotatable bonds is 1. The summed E-state index contributed by atoms with van der Waals surface area (Å²) in [5.74, 6) is 0. The fourth-order valence-corrected chi connectivity index (χ4v) is 3.02. The third-order valence-corrected chi connectivity index (χ3v) is 5.65. The zero-order valence-corrected chi connectivity index (χ0v) is 14.6. The summed E-state index contributed by atoms with van der Waals surface area (Å²) in [4.78, 5) is 0. The molecule has 0 saturated carbocycles. The van der Waals surface area contributed by atoms with E-state index in [1.165, 1.54) is 0 Å². The fourth-order valence-electron chi connectivity index (χ4n) is 1.69. The Morgan fingerprint density at radius 3 is 1.78 bits per heavy atom. The summed E-state index contributed by atoms with van der Waals surface area (Å²) in [6.07, 6.45) is 0. The maximum atomic E-state index is 6.09. The minimum absolute atomic E-state index is 0.337. The lowest BCUT2D eigenvalue weighted by atomic mass is 9.79. The Morgan fingerprint density at radius 1 is 1.00 bits per heavy atom. The van der Waals surface area contributed by atoms with Crippen LogP contribution in [0.2, 0.25) is 5.02 Å². The van der Waals surface area contributed by atoms with Crippen molar-refractivity contribution < 1.29 is 9.31 Å².